The topological polar surface area (TPSA) is 49.7 Å². The predicted octanol–water partition coefficient (Wildman–Crippen LogP) is 2.28. The van der Waals surface area contributed by atoms with Crippen molar-refractivity contribution >= 4 is 12.0 Å². The van der Waals surface area contributed by atoms with Crippen LogP contribution >= 0.6 is 0 Å². The molecule has 0 aromatic rings. The quantitative estimate of drug-likeness (QED) is 0.405. The second kappa shape index (κ2) is 4.21. The minimum Gasteiger partial charge on any atom is -0.512 e. The van der Waals surface area contributed by atoms with Crippen molar-refractivity contribution in [2.45, 2.75) is 40.2 Å². The summed E-state index contributed by atoms with van der Waals surface area (Å²) in [7, 11) is 0. The molecule has 3 nitrogen and oxygen atoms in total. The normalized spacial score (nSPS) is 14.5. The van der Waals surface area contributed by atoms with Gasteiger partial charge in [0.2, 0.25) is 0 Å². The first-order valence-corrected chi connectivity index (χ1v) is 4.20. The van der Waals surface area contributed by atoms with Crippen LogP contribution in [0.4, 0.5) is 0 Å². The second-order valence-corrected chi connectivity index (χ2v) is 3.98. The minimum atomic E-state index is -0.226. The highest BCUT2D eigenvalue weighted by molar-refractivity contribution is 6.12. The molecule has 0 bridgehead atoms. The third kappa shape index (κ3) is 5.17. The van der Waals surface area contributed by atoms with E-state index in [2.05, 4.69) is 4.99 Å². The summed E-state index contributed by atoms with van der Waals surface area (Å²) in [4.78, 5) is 15.1. The summed E-state index contributed by atoms with van der Waals surface area (Å²) >= 11 is 0. The van der Waals surface area contributed by atoms with Gasteiger partial charge in [0.25, 0.3) is 0 Å². The Morgan fingerprint density at radius 2 is 1.77 bits per heavy atom. The highest BCUT2D eigenvalue weighted by Crippen LogP contribution is 2.07. The molecule has 0 aromatic carbocycles. The molecule has 0 saturated heterocycles. The zero-order valence-electron chi connectivity index (χ0n) is 8.88. The Hall–Kier alpha value is -1.12. The molecule has 0 aliphatic carbocycles. The van der Waals surface area contributed by atoms with E-state index in [1.54, 1.807) is 0 Å². The van der Waals surface area contributed by atoms with E-state index in [0.717, 1.165) is 0 Å². The van der Waals surface area contributed by atoms with Crippen LogP contribution in [0.1, 0.15) is 34.6 Å². The maximum Gasteiger partial charge on any atom is 0.164 e. The number of nitrogens with zero attached hydrogens (tertiary/aromatic N) is 1. The molecule has 0 amide bonds. The first kappa shape index (κ1) is 11.9. The predicted molar refractivity (Wildman–Crippen MR) is 54.3 cm³/mol. The standard InChI is InChI=1S/C10H17NO2/c1-7(12)9(8(2)13)6-11-10(3,4)5/h6,12H,1-5H3. The number of Topliss-reactive ketones (excluding diaryl/α,β-unsaturated/α-hetero) is 1. The molecule has 74 valence electrons. The molecule has 0 aromatic heterocycles. The lowest BCUT2D eigenvalue weighted by Gasteiger charge is -2.11. The van der Waals surface area contributed by atoms with Gasteiger partial charge >= 0.3 is 0 Å². The second-order valence-electron chi connectivity index (χ2n) is 3.98. The number of rotatable bonds is 2. The van der Waals surface area contributed by atoms with Crippen LogP contribution in [0.3, 0.4) is 0 Å². The zero-order valence-corrected chi connectivity index (χ0v) is 8.88. The molecule has 0 aliphatic rings. The fourth-order valence-electron chi connectivity index (χ4n) is 0.697. The lowest BCUT2D eigenvalue weighted by molar-refractivity contribution is -0.113. The van der Waals surface area contributed by atoms with Crippen molar-refractivity contribution in [3.8, 4) is 0 Å². The van der Waals surface area contributed by atoms with Crippen molar-refractivity contribution < 1.29 is 9.90 Å². The van der Waals surface area contributed by atoms with E-state index in [1.807, 2.05) is 20.8 Å². The summed E-state index contributed by atoms with van der Waals surface area (Å²) in [5.74, 6) is -0.159. The maximum absolute atomic E-state index is 11.0. The average molecular weight is 183 g/mol. The van der Waals surface area contributed by atoms with Crippen LogP contribution in [0.25, 0.3) is 0 Å². The van der Waals surface area contributed by atoms with Crippen molar-refractivity contribution in [2.24, 2.45) is 4.99 Å². The maximum atomic E-state index is 11.0. The van der Waals surface area contributed by atoms with E-state index in [4.69, 9.17) is 5.11 Å². The van der Waals surface area contributed by atoms with Crippen LogP contribution in [0, 0.1) is 0 Å². The van der Waals surface area contributed by atoms with Crippen LogP contribution in [0.5, 0.6) is 0 Å². The van der Waals surface area contributed by atoms with E-state index in [-0.39, 0.29) is 22.7 Å². The molecule has 0 heterocycles. The molecule has 0 aliphatic heterocycles. The summed E-state index contributed by atoms with van der Waals surface area (Å²) < 4.78 is 0. The molecule has 0 saturated carbocycles. The minimum absolute atomic E-state index is 0.0144. The number of carbonyl (C=O) groups excluding carboxylic acids is 1. The summed E-state index contributed by atoms with van der Waals surface area (Å²) in [5, 5.41) is 9.15. The number of aliphatic imine (C=N–C) groups is 1. The molecule has 0 spiro atoms. The van der Waals surface area contributed by atoms with Gasteiger partial charge in [-0.3, -0.25) is 9.79 Å². The van der Waals surface area contributed by atoms with Crippen LogP contribution in [0.2, 0.25) is 0 Å². The van der Waals surface area contributed by atoms with E-state index >= 15 is 0 Å². The molecule has 0 fully saturated rings. The van der Waals surface area contributed by atoms with Crippen LogP contribution < -0.4 is 0 Å². The van der Waals surface area contributed by atoms with Gasteiger partial charge in [-0.1, -0.05) is 0 Å². The first-order chi connectivity index (χ1) is 5.74. The monoisotopic (exact) mass is 183 g/mol. The largest absolute Gasteiger partial charge is 0.512 e. The highest BCUT2D eigenvalue weighted by Gasteiger charge is 2.09. The molecular formula is C10H17NO2. The number of aliphatic hydroxyl groups is 1. The van der Waals surface area contributed by atoms with Crippen LogP contribution in [0.15, 0.2) is 16.3 Å². The van der Waals surface area contributed by atoms with Crippen LogP contribution in [-0.2, 0) is 4.79 Å². The van der Waals surface area contributed by atoms with E-state index in [0.29, 0.717) is 0 Å². The lowest BCUT2D eigenvalue weighted by atomic mass is 10.1. The molecule has 0 radical (unpaired) electrons. The van der Waals surface area contributed by atoms with Gasteiger partial charge in [-0.05, 0) is 34.6 Å². The van der Waals surface area contributed by atoms with Gasteiger partial charge in [-0.25, -0.2) is 0 Å². The van der Waals surface area contributed by atoms with Gasteiger partial charge in [-0.15, -0.1) is 0 Å². The summed E-state index contributed by atoms with van der Waals surface area (Å²) in [5.41, 5.74) is 0.0470. The third-order valence-corrected chi connectivity index (χ3v) is 1.35. The highest BCUT2D eigenvalue weighted by atomic mass is 16.3. The van der Waals surface area contributed by atoms with Gasteiger partial charge in [0.05, 0.1) is 11.1 Å². The number of hydrogen-bond acceptors (Lipinski definition) is 3. The Bertz CT molecular complexity index is 253. The Labute approximate surface area is 79.2 Å². The fourth-order valence-corrected chi connectivity index (χ4v) is 0.697. The number of hydrogen-bond donors (Lipinski definition) is 1. The molecular weight excluding hydrogens is 166 g/mol. The van der Waals surface area contributed by atoms with Crippen molar-refractivity contribution in [2.75, 3.05) is 0 Å². The van der Waals surface area contributed by atoms with Gasteiger partial charge in [-0.2, -0.15) is 0 Å². The average Bonchev–Trinajstić information content (AvgIpc) is 1.82. The zero-order chi connectivity index (χ0) is 10.6. The Kier molecular flexibility index (Phi) is 3.85. The number of ketones is 1. The fraction of sp³-hybridized carbons (Fsp3) is 0.600. The molecule has 3 heteroatoms. The number of allylic oxidation sites excluding steroid dienone is 2. The van der Waals surface area contributed by atoms with Crippen LogP contribution in [-0.4, -0.2) is 22.6 Å². The Morgan fingerprint density at radius 3 is 2.00 bits per heavy atom. The van der Waals surface area contributed by atoms with Gasteiger partial charge in [0, 0.05) is 6.21 Å². The Morgan fingerprint density at radius 1 is 1.31 bits per heavy atom. The molecule has 0 rings (SSSR count). The summed E-state index contributed by atoms with van der Waals surface area (Å²) in [6.45, 7) is 8.66. The van der Waals surface area contributed by atoms with Crippen molar-refractivity contribution in [1.82, 2.24) is 0 Å². The van der Waals surface area contributed by atoms with Gasteiger partial charge in [0.15, 0.2) is 5.78 Å². The molecule has 1 N–H and O–H groups in total. The lowest BCUT2D eigenvalue weighted by Crippen LogP contribution is -2.12. The smallest absolute Gasteiger partial charge is 0.164 e. The molecule has 0 unspecified atom stereocenters. The number of aliphatic hydroxyl groups excluding tert-OH is 1. The first-order valence-electron chi connectivity index (χ1n) is 4.20. The van der Waals surface area contributed by atoms with Crippen molar-refractivity contribution in [3.05, 3.63) is 11.3 Å². The van der Waals surface area contributed by atoms with E-state index < -0.39 is 0 Å². The number of carbonyl (C=O) groups is 1. The van der Waals surface area contributed by atoms with Crippen molar-refractivity contribution in [3.63, 3.8) is 0 Å². The molecule has 0 atom stereocenters. The van der Waals surface area contributed by atoms with E-state index in [1.165, 1.54) is 20.1 Å². The van der Waals surface area contributed by atoms with Crippen molar-refractivity contribution in [1.29, 1.82) is 0 Å². The van der Waals surface area contributed by atoms with Gasteiger partial charge in [0.1, 0.15) is 5.76 Å². The van der Waals surface area contributed by atoms with Gasteiger partial charge < -0.3 is 5.11 Å². The summed E-state index contributed by atoms with van der Waals surface area (Å²) in [6, 6.07) is 0. The SMILES string of the molecule is CC(=O)C(C=NC(C)(C)C)=C(C)O. The van der Waals surface area contributed by atoms with E-state index in [9.17, 15) is 4.79 Å². The molecule has 13 heavy (non-hydrogen) atoms. The third-order valence-electron chi connectivity index (χ3n) is 1.35. The Balaban J connectivity index is 4.77. The summed E-state index contributed by atoms with van der Waals surface area (Å²) in [6.07, 6.45) is 1.43.